The number of rotatable bonds is 22. The number of imidazole rings is 1. The zero-order chi connectivity index (χ0) is 35.5. The van der Waals surface area contributed by atoms with Gasteiger partial charge in [-0.15, -0.1) is 0 Å². The van der Waals surface area contributed by atoms with Gasteiger partial charge in [-0.25, -0.2) is 9.78 Å². The van der Waals surface area contributed by atoms with Gasteiger partial charge >= 0.3 is 23.9 Å². The molecule has 0 saturated carbocycles. The molecule has 1 heterocycles. The predicted octanol–water partition coefficient (Wildman–Crippen LogP) is 3.70. The van der Waals surface area contributed by atoms with Crippen molar-refractivity contribution in [3.05, 3.63) is 54.1 Å². The number of esters is 3. The first kappa shape index (κ1) is 40.4. The van der Waals surface area contributed by atoms with Crippen LogP contribution in [0.15, 0.2) is 43.0 Å². The molecule has 2 rings (SSSR count). The SMILES string of the molecule is Cc1ccc(CCC(C)C(=O)OCC(CO[C@@H](C)C(C)C)OC(=O)CCCN(CCCC(=O)OC(CO)CO)C(=O)n2ccnc2)cc1. The number of carbonyl (C=O) groups is 4. The molecule has 0 bridgehead atoms. The summed E-state index contributed by atoms with van der Waals surface area (Å²) in [6.45, 7) is 9.10. The zero-order valence-electron chi connectivity index (χ0n) is 28.9. The van der Waals surface area contributed by atoms with Crippen molar-refractivity contribution in [2.24, 2.45) is 11.8 Å². The lowest BCUT2D eigenvalue weighted by molar-refractivity contribution is -0.166. The average Bonchev–Trinajstić information content (AvgIpc) is 3.62. The maximum absolute atomic E-state index is 13.0. The lowest BCUT2D eigenvalue weighted by Crippen LogP contribution is -2.37. The first-order chi connectivity index (χ1) is 22.9. The highest BCUT2D eigenvalue weighted by Gasteiger charge is 2.23. The summed E-state index contributed by atoms with van der Waals surface area (Å²) in [4.78, 5) is 56.2. The number of carbonyl (C=O) groups excluding carboxylic acids is 4. The van der Waals surface area contributed by atoms with Crippen molar-refractivity contribution in [2.45, 2.75) is 91.5 Å². The smallest absolute Gasteiger partial charge is 0.329 e. The zero-order valence-corrected chi connectivity index (χ0v) is 28.9. The van der Waals surface area contributed by atoms with Crippen LogP contribution in [0.4, 0.5) is 4.79 Å². The largest absolute Gasteiger partial charge is 0.461 e. The van der Waals surface area contributed by atoms with E-state index in [1.807, 2.05) is 58.9 Å². The Morgan fingerprint density at radius 2 is 1.48 bits per heavy atom. The number of aliphatic hydroxyl groups is 2. The Hall–Kier alpha value is -3.81. The van der Waals surface area contributed by atoms with Gasteiger partial charge in [-0.2, -0.15) is 0 Å². The van der Waals surface area contributed by atoms with Gasteiger partial charge in [0, 0.05) is 38.3 Å². The molecule has 13 nitrogen and oxygen atoms in total. The summed E-state index contributed by atoms with van der Waals surface area (Å²) in [6.07, 6.45) is 4.26. The second-order valence-electron chi connectivity index (χ2n) is 12.4. The molecule has 0 radical (unpaired) electrons. The molecule has 48 heavy (non-hydrogen) atoms. The highest BCUT2D eigenvalue weighted by Crippen LogP contribution is 2.14. The molecule has 0 aliphatic heterocycles. The molecular formula is C35H53N3O10. The number of aliphatic hydroxyl groups excluding tert-OH is 2. The van der Waals surface area contributed by atoms with Crippen molar-refractivity contribution < 1.29 is 48.3 Å². The van der Waals surface area contributed by atoms with Crippen LogP contribution in [0, 0.1) is 18.8 Å². The average molecular weight is 676 g/mol. The van der Waals surface area contributed by atoms with Crippen LogP contribution in [0.2, 0.25) is 0 Å². The maximum Gasteiger partial charge on any atom is 0.329 e. The monoisotopic (exact) mass is 675 g/mol. The van der Waals surface area contributed by atoms with Crippen LogP contribution < -0.4 is 0 Å². The Morgan fingerprint density at radius 3 is 2.02 bits per heavy atom. The predicted molar refractivity (Wildman–Crippen MR) is 177 cm³/mol. The summed E-state index contributed by atoms with van der Waals surface area (Å²) in [5.74, 6) is -1.62. The first-order valence-corrected chi connectivity index (χ1v) is 16.6. The third-order valence-corrected chi connectivity index (χ3v) is 7.90. The van der Waals surface area contributed by atoms with E-state index in [9.17, 15) is 19.2 Å². The third-order valence-electron chi connectivity index (χ3n) is 7.90. The fourth-order valence-electron chi connectivity index (χ4n) is 4.43. The fraction of sp³-hybridized carbons (Fsp3) is 0.629. The molecule has 0 aliphatic rings. The quantitative estimate of drug-likeness (QED) is 0.138. The van der Waals surface area contributed by atoms with Gasteiger partial charge < -0.3 is 34.1 Å². The van der Waals surface area contributed by atoms with Crippen molar-refractivity contribution in [3.63, 3.8) is 0 Å². The maximum atomic E-state index is 13.0. The minimum absolute atomic E-state index is 0.0123. The Balaban J connectivity index is 1.91. The van der Waals surface area contributed by atoms with Crippen molar-refractivity contribution in [1.82, 2.24) is 14.5 Å². The van der Waals surface area contributed by atoms with Gasteiger partial charge in [-0.3, -0.25) is 19.0 Å². The standard InChI is InChI=1S/C35H53N3O10/c1-25(2)28(5)45-22-31(23-46-34(43)27(4)12-15-29-13-10-26(3)11-14-29)48-33(42)9-7-18-37(35(44)38-19-16-36-24-38)17-6-8-32(41)47-30(20-39)21-40/h10-11,13-14,16,19,24-25,27-28,30-31,39-40H,6-9,12,15,17-18,20-23H2,1-5H3/t27?,28-,31?/m0/s1. The van der Waals surface area contributed by atoms with Gasteiger partial charge in [0.25, 0.3) is 0 Å². The number of amides is 1. The van der Waals surface area contributed by atoms with Gasteiger partial charge in [-0.05, 0) is 51.0 Å². The van der Waals surface area contributed by atoms with Crippen molar-refractivity contribution in [2.75, 3.05) is 39.5 Å². The van der Waals surface area contributed by atoms with E-state index < -0.39 is 37.4 Å². The van der Waals surface area contributed by atoms with Gasteiger partial charge in [0.2, 0.25) is 0 Å². The molecule has 0 fully saturated rings. The summed E-state index contributed by atoms with van der Waals surface area (Å²) in [7, 11) is 0. The highest BCUT2D eigenvalue weighted by atomic mass is 16.6. The fourth-order valence-corrected chi connectivity index (χ4v) is 4.43. The van der Waals surface area contributed by atoms with E-state index in [4.69, 9.17) is 29.2 Å². The molecular weight excluding hydrogens is 622 g/mol. The molecule has 13 heteroatoms. The highest BCUT2D eigenvalue weighted by molar-refractivity contribution is 5.77. The van der Waals surface area contributed by atoms with Crippen molar-refractivity contribution in [1.29, 1.82) is 0 Å². The Labute approximate surface area is 283 Å². The Kier molecular flexibility index (Phi) is 18.5. The number of hydrogen-bond acceptors (Lipinski definition) is 11. The number of ether oxygens (including phenoxy) is 4. The van der Waals surface area contributed by atoms with Crippen molar-refractivity contribution in [3.8, 4) is 0 Å². The van der Waals surface area contributed by atoms with Crippen LogP contribution in [0.1, 0.15) is 70.9 Å². The number of benzene rings is 1. The lowest BCUT2D eigenvalue weighted by atomic mass is 10.0. The lowest BCUT2D eigenvalue weighted by Gasteiger charge is -2.24. The minimum atomic E-state index is -0.994. The summed E-state index contributed by atoms with van der Waals surface area (Å²) in [6, 6.07) is 7.80. The van der Waals surface area contributed by atoms with E-state index in [2.05, 4.69) is 4.98 Å². The second-order valence-corrected chi connectivity index (χ2v) is 12.4. The first-order valence-electron chi connectivity index (χ1n) is 16.6. The van der Waals surface area contributed by atoms with E-state index in [0.29, 0.717) is 6.42 Å². The van der Waals surface area contributed by atoms with Crippen molar-refractivity contribution >= 4 is 23.9 Å². The Morgan fingerprint density at radius 1 is 0.875 bits per heavy atom. The van der Waals surface area contributed by atoms with Crippen LogP contribution in [-0.2, 0) is 39.8 Å². The van der Waals surface area contributed by atoms with Gasteiger partial charge in [-0.1, -0.05) is 50.6 Å². The van der Waals surface area contributed by atoms with Crippen LogP contribution in [-0.4, -0.2) is 106 Å². The number of aryl methyl sites for hydroxylation is 2. The van der Waals surface area contributed by atoms with Crippen LogP contribution in [0.5, 0.6) is 0 Å². The third kappa shape index (κ3) is 15.4. The van der Waals surface area contributed by atoms with E-state index in [1.54, 1.807) is 0 Å². The molecule has 268 valence electrons. The molecule has 1 aromatic heterocycles. The van der Waals surface area contributed by atoms with Gasteiger partial charge in [0.15, 0.2) is 6.10 Å². The molecule has 2 N–H and O–H groups in total. The van der Waals surface area contributed by atoms with Gasteiger partial charge in [0.1, 0.15) is 19.0 Å². The molecule has 1 aromatic carbocycles. The summed E-state index contributed by atoms with van der Waals surface area (Å²) in [5.41, 5.74) is 2.32. The van der Waals surface area contributed by atoms with Crippen LogP contribution in [0.3, 0.4) is 0 Å². The van der Waals surface area contributed by atoms with E-state index >= 15 is 0 Å². The molecule has 0 aliphatic carbocycles. The summed E-state index contributed by atoms with van der Waals surface area (Å²) < 4.78 is 23.4. The summed E-state index contributed by atoms with van der Waals surface area (Å²) >= 11 is 0. The van der Waals surface area contributed by atoms with Crippen LogP contribution in [0.25, 0.3) is 0 Å². The molecule has 2 aromatic rings. The number of nitrogens with zero attached hydrogens (tertiary/aromatic N) is 3. The summed E-state index contributed by atoms with van der Waals surface area (Å²) in [5, 5.41) is 18.2. The Bertz CT molecular complexity index is 1230. The molecule has 0 spiro atoms. The molecule has 0 saturated heterocycles. The molecule has 3 atom stereocenters. The van der Waals surface area contributed by atoms with E-state index in [-0.39, 0.29) is 81.9 Å². The molecule has 2 unspecified atom stereocenters. The molecule has 1 amide bonds. The second kappa shape index (κ2) is 21.9. The van der Waals surface area contributed by atoms with Crippen LogP contribution >= 0.6 is 0 Å². The number of aromatic nitrogens is 2. The minimum Gasteiger partial charge on any atom is -0.461 e. The van der Waals surface area contributed by atoms with Gasteiger partial charge in [0.05, 0.1) is 31.8 Å². The van der Waals surface area contributed by atoms with E-state index in [1.165, 1.54) is 33.8 Å². The number of hydrogen-bond donors (Lipinski definition) is 2. The topological polar surface area (TPSA) is 167 Å². The van der Waals surface area contributed by atoms with E-state index in [0.717, 1.165) is 12.0 Å². The normalized spacial score (nSPS) is 13.2.